The van der Waals surface area contributed by atoms with Gasteiger partial charge in [-0.1, -0.05) is 109 Å². The van der Waals surface area contributed by atoms with E-state index in [4.69, 9.17) is 0 Å². The Labute approximate surface area is 153 Å². The first kappa shape index (κ1) is 22.9. The topological polar surface area (TPSA) is 0 Å². The molecular formula is C21H38ClP. The van der Waals surface area contributed by atoms with E-state index in [0.29, 0.717) is 5.66 Å². The van der Waals surface area contributed by atoms with Crippen LogP contribution in [0.3, 0.4) is 0 Å². The zero-order valence-electron chi connectivity index (χ0n) is 15.5. The molecule has 1 rings (SSSR count). The first-order valence-electron chi connectivity index (χ1n) is 9.40. The van der Waals surface area contributed by atoms with Crippen molar-refractivity contribution in [2.24, 2.45) is 0 Å². The van der Waals surface area contributed by atoms with Gasteiger partial charge in [0.2, 0.25) is 0 Å². The summed E-state index contributed by atoms with van der Waals surface area (Å²) in [5.41, 5.74) is 2.39. The number of hydrogen-bond acceptors (Lipinski definition) is 0. The van der Waals surface area contributed by atoms with Crippen molar-refractivity contribution >= 4 is 21.6 Å². The second-order valence-corrected chi connectivity index (χ2v) is 8.12. The third-order valence-corrected chi connectivity index (χ3v) is 6.23. The molecule has 0 N–H and O–H groups in total. The fourth-order valence-electron chi connectivity index (χ4n) is 3.12. The Morgan fingerprint density at radius 2 is 1.30 bits per heavy atom. The van der Waals surface area contributed by atoms with Crippen molar-refractivity contribution in [3.05, 3.63) is 35.9 Å². The molecule has 0 radical (unpaired) electrons. The van der Waals surface area contributed by atoms with Crippen molar-refractivity contribution < 1.29 is 0 Å². The number of rotatable bonds is 12. The Bertz CT molecular complexity index is 375. The number of unbranched alkanes of at least 4 members (excludes halogenated alkanes) is 8. The van der Waals surface area contributed by atoms with Crippen molar-refractivity contribution in [3.63, 3.8) is 0 Å². The van der Waals surface area contributed by atoms with Crippen LogP contribution in [0.1, 0.15) is 90.5 Å². The van der Waals surface area contributed by atoms with E-state index in [0.717, 1.165) is 0 Å². The third-order valence-electron chi connectivity index (χ3n) is 5.06. The van der Waals surface area contributed by atoms with Crippen LogP contribution in [-0.2, 0) is 5.41 Å². The highest BCUT2D eigenvalue weighted by atomic mass is 35.5. The SMILES string of the molecule is CCCCCCCCCCCC(P)C(C)(C)c1ccccc1.Cl. The van der Waals surface area contributed by atoms with E-state index in [1.807, 2.05) is 0 Å². The largest absolute Gasteiger partial charge is 0.147 e. The third kappa shape index (κ3) is 9.11. The van der Waals surface area contributed by atoms with Crippen molar-refractivity contribution in [3.8, 4) is 0 Å². The lowest BCUT2D eigenvalue weighted by atomic mass is 9.79. The first-order chi connectivity index (χ1) is 10.6. The standard InChI is InChI=1S/C21H37P.ClH/c1-4-5-6-7-8-9-10-11-15-18-20(22)21(2,3)19-16-13-12-14-17-19;/h12-14,16-17,20H,4-11,15,18,22H2,1-3H3;1H. The number of halogens is 1. The molecular weight excluding hydrogens is 319 g/mol. The molecule has 0 spiro atoms. The van der Waals surface area contributed by atoms with Gasteiger partial charge < -0.3 is 0 Å². The summed E-state index contributed by atoms with van der Waals surface area (Å²) in [6.45, 7) is 7.05. The molecule has 0 aliphatic rings. The van der Waals surface area contributed by atoms with Gasteiger partial charge in [0.05, 0.1) is 0 Å². The highest BCUT2D eigenvalue weighted by molar-refractivity contribution is 7.17. The Morgan fingerprint density at radius 3 is 1.83 bits per heavy atom. The Hall–Kier alpha value is -0.0600. The zero-order valence-corrected chi connectivity index (χ0v) is 17.5. The first-order valence-corrected chi connectivity index (χ1v) is 10.1. The fourth-order valence-corrected chi connectivity index (χ4v) is 3.55. The zero-order chi connectivity index (χ0) is 16.3. The van der Waals surface area contributed by atoms with Gasteiger partial charge in [0.1, 0.15) is 0 Å². The molecule has 0 amide bonds. The lowest BCUT2D eigenvalue weighted by molar-refractivity contribution is 0.454. The van der Waals surface area contributed by atoms with Gasteiger partial charge in [-0.15, -0.1) is 21.6 Å². The summed E-state index contributed by atoms with van der Waals surface area (Å²) in [6.07, 6.45) is 14.1. The summed E-state index contributed by atoms with van der Waals surface area (Å²) >= 11 is 0. The van der Waals surface area contributed by atoms with Crippen LogP contribution in [0.2, 0.25) is 0 Å². The van der Waals surface area contributed by atoms with Crippen LogP contribution < -0.4 is 0 Å². The lowest BCUT2D eigenvalue weighted by Gasteiger charge is -2.32. The molecule has 0 saturated heterocycles. The summed E-state index contributed by atoms with van der Waals surface area (Å²) in [7, 11) is 3.10. The molecule has 23 heavy (non-hydrogen) atoms. The van der Waals surface area contributed by atoms with Crippen LogP contribution in [0.15, 0.2) is 30.3 Å². The molecule has 0 aliphatic heterocycles. The molecule has 1 aromatic carbocycles. The predicted octanol–water partition coefficient (Wildman–Crippen LogP) is 7.55. The van der Waals surface area contributed by atoms with E-state index in [9.17, 15) is 0 Å². The van der Waals surface area contributed by atoms with Crippen LogP contribution in [-0.4, -0.2) is 5.66 Å². The van der Waals surface area contributed by atoms with Gasteiger partial charge in [-0.3, -0.25) is 0 Å². The normalized spacial score (nSPS) is 12.7. The fraction of sp³-hybridized carbons (Fsp3) is 0.714. The molecule has 0 saturated carbocycles. The van der Waals surface area contributed by atoms with E-state index in [-0.39, 0.29) is 17.8 Å². The average molecular weight is 357 g/mol. The van der Waals surface area contributed by atoms with E-state index in [1.54, 1.807) is 0 Å². The highest BCUT2D eigenvalue weighted by Gasteiger charge is 2.27. The van der Waals surface area contributed by atoms with Crippen LogP contribution in [0, 0.1) is 0 Å². The molecule has 0 heterocycles. The molecule has 2 heteroatoms. The molecule has 0 bridgehead atoms. The van der Waals surface area contributed by atoms with Crippen LogP contribution >= 0.6 is 21.6 Å². The quantitative estimate of drug-likeness (QED) is 0.268. The monoisotopic (exact) mass is 356 g/mol. The van der Waals surface area contributed by atoms with E-state index < -0.39 is 0 Å². The van der Waals surface area contributed by atoms with Crippen molar-refractivity contribution in [1.29, 1.82) is 0 Å². The summed E-state index contributed by atoms with van der Waals surface area (Å²) in [5.74, 6) is 0. The van der Waals surface area contributed by atoms with E-state index >= 15 is 0 Å². The molecule has 0 aliphatic carbocycles. The van der Waals surface area contributed by atoms with Crippen LogP contribution in [0.4, 0.5) is 0 Å². The maximum Gasteiger partial charge on any atom is -0.00409 e. The molecule has 134 valence electrons. The van der Waals surface area contributed by atoms with Gasteiger partial charge >= 0.3 is 0 Å². The van der Waals surface area contributed by atoms with E-state index in [1.165, 1.54) is 69.8 Å². The van der Waals surface area contributed by atoms with Gasteiger partial charge in [0, 0.05) is 0 Å². The van der Waals surface area contributed by atoms with Crippen molar-refractivity contribution in [2.45, 2.75) is 96.1 Å². The summed E-state index contributed by atoms with van der Waals surface area (Å²) in [4.78, 5) is 0. The van der Waals surface area contributed by atoms with Crippen LogP contribution in [0.5, 0.6) is 0 Å². The number of hydrogen-bond donors (Lipinski definition) is 0. The second kappa shape index (κ2) is 13.3. The number of benzene rings is 1. The molecule has 0 fully saturated rings. The Kier molecular flexibility index (Phi) is 13.2. The lowest BCUT2D eigenvalue weighted by Crippen LogP contribution is -2.29. The Balaban J connectivity index is 0.00000484. The minimum Gasteiger partial charge on any atom is -0.147 e. The molecule has 2 unspecified atom stereocenters. The molecule has 1 aromatic rings. The van der Waals surface area contributed by atoms with Crippen molar-refractivity contribution in [1.82, 2.24) is 0 Å². The maximum absolute atomic E-state index is 3.10. The van der Waals surface area contributed by atoms with E-state index in [2.05, 4.69) is 60.3 Å². The summed E-state index contributed by atoms with van der Waals surface area (Å²) in [5, 5.41) is 0. The predicted molar refractivity (Wildman–Crippen MR) is 112 cm³/mol. The van der Waals surface area contributed by atoms with Crippen molar-refractivity contribution in [2.75, 3.05) is 0 Å². The second-order valence-electron chi connectivity index (χ2n) is 7.31. The smallest absolute Gasteiger partial charge is 0.00409 e. The molecule has 2 atom stereocenters. The minimum atomic E-state index is 0. The van der Waals surface area contributed by atoms with Crippen LogP contribution in [0.25, 0.3) is 0 Å². The van der Waals surface area contributed by atoms with Gasteiger partial charge in [-0.2, -0.15) is 0 Å². The minimum absolute atomic E-state index is 0. The summed E-state index contributed by atoms with van der Waals surface area (Å²) < 4.78 is 0. The summed E-state index contributed by atoms with van der Waals surface area (Å²) in [6, 6.07) is 11.0. The van der Waals surface area contributed by atoms with Gasteiger partial charge in [0.25, 0.3) is 0 Å². The molecule has 0 nitrogen and oxygen atoms in total. The Morgan fingerprint density at radius 1 is 0.826 bits per heavy atom. The van der Waals surface area contributed by atoms with Gasteiger partial charge in [-0.05, 0) is 23.1 Å². The highest BCUT2D eigenvalue weighted by Crippen LogP contribution is 2.34. The molecule has 0 aromatic heterocycles. The van der Waals surface area contributed by atoms with Gasteiger partial charge in [-0.25, -0.2) is 0 Å². The van der Waals surface area contributed by atoms with Gasteiger partial charge in [0.15, 0.2) is 0 Å². The average Bonchev–Trinajstić information content (AvgIpc) is 2.54. The maximum atomic E-state index is 3.10.